The first-order chi connectivity index (χ1) is 13.6. The van der Waals surface area contributed by atoms with Crippen LogP contribution in [-0.2, 0) is 4.79 Å². The Balaban J connectivity index is 0.00000300. The highest BCUT2D eigenvalue weighted by Gasteiger charge is 2.29. The normalized spacial score (nSPS) is 22.2. The molecule has 1 aromatic rings. The molecule has 0 radical (unpaired) electrons. The van der Waals surface area contributed by atoms with Gasteiger partial charge in [0.1, 0.15) is 6.54 Å². The average Bonchev–Trinajstić information content (AvgIpc) is 3.17. The molecule has 1 unspecified atom stereocenters. The van der Waals surface area contributed by atoms with Crippen molar-refractivity contribution in [1.29, 1.82) is 0 Å². The van der Waals surface area contributed by atoms with Gasteiger partial charge in [-0.3, -0.25) is 4.79 Å². The van der Waals surface area contributed by atoms with E-state index in [-0.39, 0.29) is 41.2 Å². The minimum atomic E-state index is 0. The van der Waals surface area contributed by atoms with E-state index >= 15 is 0 Å². The molecule has 2 N–H and O–H groups in total. The lowest BCUT2D eigenvalue weighted by molar-refractivity contribution is -0.129. The number of hydrogen-bond acceptors (Lipinski definition) is 4. The van der Waals surface area contributed by atoms with Crippen molar-refractivity contribution in [2.24, 2.45) is 4.99 Å². The SMILES string of the molecule is CCNC(=NCC(=O)N1CCN(c2ccccc2)CC1)NCC1(C)CCCS1.I. The quantitative estimate of drug-likeness (QED) is 0.336. The molecule has 1 amide bonds. The van der Waals surface area contributed by atoms with Crippen LogP contribution < -0.4 is 15.5 Å². The molecule has 0 spiro atoms. The van der Waals surface area contributed by atoms with Gasteiger partial charge in [0.05, 0.1) is 0 Å². The molecule has 1 aromatic carbocycles. The predicted molar refractivity (Wildman–Crippen MR) is 135 cm³/mol. The van der Waals surface area contributed by atoms with Gasteiger partial charge in [-0.15, -0.1) is 24.0 Å². The standard InChI is InChI=1S/C21H33N5OS.HI/c1-3-22-20(24-17-21(2)10-7-15-28-21)23-16-19(27)26-13-11-25(12-14-26)18-8-5-4-6-9-18;/h4-6,8-9H,3,7,10-17H2,1-2H3,(H2,22,23,24);1H. The number of halogens is 1. The molecule has 162 valence electrons. The lowest BCUT2D eigenvalue weighted by Gasteiger charge is -2.36. The Morgan fingerprint density at radius 2 is 1.90 bits per heavy atom. The number of nitrogens with zero attached hydrogens (tertiary/aromatic N) is 3. The van der Waals surface area contributed by atoms with E-state index < -0.39 is 0 Å². The predicted octanol–water partition coefficient (Wildman–Crippen LogP) is 2.79. The van der Waals surface area contributed by atoms with Crippen LogP contribution in [0.3, 0.4) is 0 Å². The summed E-state index contributed by atoms with van der Waals surface area (Å²) in [6.07, 6.45) is 2.51. The maximum Gasteiger partial charge on any atom is 0.244 e. The number of nitrogens with one attached hydrogen (secondary N) is 2. The summed E-state index contributed by atoms with van der Waals surface area (Å²) in [6.45, 7) is 9.47. The molecular formula is C21H34IN5OS. The minimum Gasteiger partial charge on any atom is -0.368 e. The van der Waals surface area contributed by atoms with Gasteiger partial charge in [0.15, 0.2) is 5.96 Å². The van der Waals surface area contributed by atoms with Crippen LogP contribution in [0.4, 0.5) is 5.69 Å². The monoisotopic (exact) mass is 531 g/mol. The van der Waals surface area contributed by atoms with Gasteiger partial charge < -0.3 is 20.4 Å². The Bertz CT molecular complexity index is 658. The fourth-order valence-electron chi connectivity index (χ4n) is 3.69. The van der Waals surface area contributed by atoms with Gasteiger partial charge >= 0.3 is 0 Å². The number of carbonyl (C=O) groups is 1. The number of rotatable bonds is 6. The average molecular weight is 532 g/mol. The van der Waals surface area contributed by atoms with Crippen LogP contribution >= 0.6 is 35.7 Å². The number of guanidine groups is 1. The molecule has 29 heavy (non-hydrogen) atoms. The van der Waals surface area contributed by atoms with Crippen LogP contribution in [0.25, 0.3) is 0 Å². The molecule has 2 aliphatic heterocycles. The minimum absolute atomic E-state index is 0. The molecule has 2 saturated heterocycles. The summed E-state index contributed by atoms with van der Waals surface area (Å²) in [5, 5.41) is 6.69. The van der Waals surface area contributed by atoms with Crippen molar-refractivity contribution in [3.8, 4) is 0 Å². The number of para-hydroxylation sites is 1. The van der Waals surface area contributed by atoms with Crippen molar-refractivity contribution in [1.82, 2.24) is 15.5 Å². The number of aliphatic imine (C=N–C) groups is 1. The fourth-order valence-corrected chi connectivity index (χ4v) is 4.93. The zero-order chi connectivity index (χ0) is 19.8. The number of carbonyl (C=O) groups excluding carboxylic acids is 1. The lowest BCUT2D eigenvalue weighted by atomic mass is 10.1. The Kier molecular flexibility index (Phi) is 9.88. The molecule has 1 atom stereocenters. The van der Waals surface area contributed by atoms with Crippen molar-refractivity contribution in [3.63, 3.8) is 0 Å². The van der Waals surface area contributed by atoms with Gasteiger partial charge in [0.25, 0.3) is 0 Å². The molecule has 8 heteroatoms. The van der Waals surface area contributed by atoms with Crippen LogP contribution in [0, 0.1) is 0 Å². The van der Waals surface area contributed by atoms with Gasteiger partial charge in [-0.1, -0.05) is 18.2 Å². The summed E-state index contributed by atoms with van der Waals surface area (Å²) >= 11 is 2.03. The summed E-state index contributed by atoms with van der Waals surface area (Å²) < 4.78 is 0.272. The first-order valence-corrected chi connectivity index (χ1v) is 11.3. The summed E-state index contributed by atoms with van der Waals surface area (Å²) in [7, 11) is 0. The third kappa shape index (κ3) is 7.24. The van der Waals surface area contributed by atoms with E-state index in [1.165, 1.54) is 24.3 Å². The molecule has 0 saturated carbocycles. The lowest BCUT2D eigenvalue weighted by Crippen LogP contribution is -2.50. The van der Waals surface area contributed by atoms with E-state index in [0.717, 1.165) is 45.2 Å². The molecule has 0 aliphatic carbocycles. The van der Waals surface area contributed by atoms with E-state index in [9.17, 15) is 4.79 Å². The van der Waals surface area contributed by atoms with Crippen LogP contribution in [0.5, 0.6) is 0 Å². The van der Waals surface area contributed by atoms with E-state index in [4.69, 9.17) is 0 Å². The third-order valence-corrected chi connectivity index (χ3v) is 6.94. The Hall–Kier alpha value is -1.16. The number of benzene rings is 1. The van der Waals surface area contributed by atoms with Crippen molar-refractivity contribution < 1.29 is 4.79 Å². The first-order valence-electron chi connectivity index (χ1n) is 10.3. The van der Waals surface area contributed by atoms with Crippen molar-refractivity contribution in [3.05, 3.63) is 30.3 Å². The second kappa shape index (κ2) is 11.9. The molecule has 2 fully saturated rings. The van der Waals surface area contributed by atoms with Crippen molar-refractivity contribution >= 4 is 53.3 Å². The zero-order valence-electron chi connectivity index (χ0n) is 17.5. The highest BCUT2D eigenvalue weighted by molar-refractivity contribution is 14.0. The number of thioether (sulfide) groups is 1. The Morgan fingerprint density at radius 1 is 1.17 bits per heavy atom. The van der Waals surface area contributed by atoms with Gasteiger partial charge in [0, 0.05) is 49.7 Å². The summed E-state index contributed by atoms with van der Waals surface area (Å²) in [5.74, 6) is 2.08. The smallest absolute Gasteiger partial charge is 0.244 e. The van der Waals surface area contributed by atoms with E-state index in [1.54, 1.807) is 0 Å². The van der Waals surface area contributed by atoms with Crippen LogP contribution in [0.1, 0.15) is 26.7 Å². The fraction of sp³-hybridized carbons (Fsp3) is 0.619. The Morgan fingerprint density at radius 3 is 2.52 bits per heavy atom. The van der Waals surface area contributed by atoms with E-state index in [2.05, 4.69) is 51.7 Å². The number of piperazine rings is 1. The molecule has 0 bridgehead atoms. The molecule has 2 aliphatic rings. The van der Waals surface area contributed by atoms with Crippen molar-refractivity contribution in [2.75, 3.05) is 56.5 Å². The second-order valence-electron chi connectivity index (χ2n) is 7.65. The van der Waals surface area contributed by atoms with Gasteiger partial charge in [-0.25, -0.2) is 4.99 Å². The molecule has 3 rings (SSSR count). The summed E-state index contributed by atoms with van der Waals surface area (Å²) in [6, 6.07) is 10.4. The van der Waals surface area contributed by atoms with Gasteiger partial charge in [-0.05, 0) is 44.6 Å². The second-order valence-corrected chi connectivity index (χ2v) is 9.34. The molecule has 2 heterocycles. The highest BCUT2D eigenvalue weighted by atomic mass is 127. The first kappa shape index (κ1) is 24.1. The largest absolute Gasteiger partial charge is 0.368 e. The van der Waals surface area contributed by atoms with Crippen molar-refractivity contribution in [2.45, 2.75) is 31.4 Å². The van der Waals surface area contributed by atoms with Crippen LogP contribution in [0.2, 0.25) is 0 Å². The van der Waals surface area contributed by atoms with Crippen LogP contribution in [-0.4, -0.2) is 73.1 Å². The summed E-state index contributed by atoms with van der Waals surface area (Å²) in [5.41, 5.74) is 1.23. The molecule has 0 aromatic heterocycles. The molecular weight excluding hydrogens is 497 g/mol. The maximum atomic E-state index is 12.6. The number of anilines is 1. The number of amides is 1. The van der Waals surface area contributed by atoms with Crippen LogP contribution in [0.15, 0.2) is 35.3 Å². The number of hydrogen-bond donors (Lipinski definition) is 2. The Labute approximate surface area is 196 Å². The third-order valence-electron chi connectivity index (χ3n) is 5.40. The van der Waals surface area contributed by atoms with E-state index in [1.807, 2.05) is 29.7 Å². The molecule has 6 nitrogen and oxygen atoms in total. The van der Waals surface area contributed by atoms with Gasteiger partial charge in [0.2, 0.25) is 5.91 Å². The zero-order valence-corrected chi connectivity index (χ0v) is 20.7. The highest BCUT2D eigenvalue weighted by Crippen LogP contribution is 2.36. The maximum absolute atomic E-state index is 12.6. The van der Waals surface area contributed by atoms with E-state index in [0.29, 0.717) is 0 Å². The van der Waals surface area contributed by atoms with Gasteiger partial charge in [-0.2, -0.15) is 11.8 Å². The summed E-state index contributed by atoms with van der Waals surface area (Å²) in [4.78, 5) is 21.4. The topological polar surface area (TPSA) is 60.0 Å².